The third-order valence-corrected chi connectivity index (χ3v) is 1.27. The van der Waals surface area contributed by atoms with Gasteiger partial charge in [-0.25, -0.2) is 0 Å². The lowest BCUT2D eigenvalue weighted by Crippen LogP contribution is -2.27. The summed E-state index contributed by atoms with van der Waals surface area (Å²) < 4.78 is 11.6. The summed E-state index contributed by atoms with van der Waals surface area (Å²) >= 11 is 0. The summed E-state index contributed by atoms with van der Waals surface area (Å²) in [6.07, 6.45) is 1.03. The van der Waals surface area contributed by atoms with Gasteiger partial charge in [-0.1, -0.05) is 0 Å². The number of nitrogens with zero attached hydrogens (tertiary/aromatic N) is 1. The molecule has 0 bridgehead atoms. The van der Waals surface area contributed by atoms with Crippen LogP contribution < -0.4 is 5.32 Å². The molecule has 0 amide bonds. The van der Waals surface area contributed by atoms with Crippen LogP contribution in [0.4, 0.5) is 4.39 Å². The molecule has 0 radical (unpaired) electrons. The third-order valence-electron chi connectivity index (χ3n) is 1.27. The zero-order chi connectivity index (χ0) is 7.82. The first-order valence-corrected chi connectivity index (χ1v) is 3.47. The van der Waals surface area contributed by atoms with Crippen molar-refractivity contribution in [2.75, 3.05) is 13.2 Å². The Morgan fingerprint density at radius 3 is 2.90 bits per heavy atom. The highest BCUT2D eigenvalue weighted by atomic mass is 19.1. The van der Waals surface area contributed by atoms with Crippen LogP contribution in [0, 0.1) is 11.3 Å². The molecule has 0 fully saturated rings. The van der Waals surface area contributed by atoms with Gasteiger partial charge in [-0.15, -0.1) is 0 Å². The Bertz CT molecular complexity index is 109. The van der Waals surface area contributed by atoms with Crippen molar-refractivity contribution in [3.8, 4) is 6.07 Å². The van der Waals surface area contributed by atoms with Gasteiger partial charge in [-0.2, -0.15) is 5.26 Å². The number of alkyl halides is 1. The fraction of sp³-hybridized carbons (Fsp3) is 0.857. The molecule has 0 rings (SSSR count). The van der Waals surface area contributed by atoms with Crippen molar-refractivity contribution in [2.45, 2.75) is 25.8 Å². The molecule has 0 aromatic heterocycles. The molecule has 0 saturated carbocycles. The molecular weight excluding hydrogens is 131 g/mol. The number of rotatable bonds is 5. The van der Waals surface area contributed by atoms with Gasteiger partial charge in [0.05, 0.1) is 12.7 Å². The summed E-state index contributed by atoms with van der Waals surface area (Å²) in [6, 6.07) is 2.20. The Morgan fingerprint density at radius 2 is 2.40 bits per heavy atom. The van der Waals surface area contributed by atoms with Crippen molar-refractivity contribution >= 4 is 0 Å². The van der Waals surface area contributed by atoms with Crippen molar-refractivity contribution in [1.29, 1.82) is 5.26 Å². The number of halogens is 1. The van der Waals surface area contributed by atoms with Crippen molar-refractivity contribution < 1.29 is 4.39 Å². The molecule has 10 heavy (non-hydrogen) atoms. The Hall–Kier alpha value is -0.620. The van der Waals surface area contributed by atoms with Gasteiger partial charge >= 0.3 is 0 Å². The average Bonchev–Trinajstić information content (AvgIpc) is 1.89. The van der Waals surface area contributed by atoms with Gasteiger partial charge in [0.1, 0.15) is 0 Å². The second kappa shape index (κ2) is 6.50. The van der Waals surface area contributed by atoms with E-state index in [0.29, 0.717) is 19.4 Å². The van der Waals surface area contributed by atoms with Crippen molar-refractivity contribution in [3.05, 3.63) is 0 Å². The molecule has 0 saturated heterocycles. The fourth-order valence-electron chi connectivity index (χ4n) is 0.640. The highest BCUT2D eigenvalue weighted by Gasteiger charge is 1.97. The predicted molar refractivity (Wildman–Crippen MR) is 38.3 cm³/mol. The summed E-state index contributed by atoms with van der Waals surface area (Å²) in [4.78, 5) is 0. The quantitative estimate of drug-likeness (QED) is 0.589. The number of hydrogen-bond donors (Lipinski definition) is 1. The lowest BCUT2D eigenvalue weighted by molar-refractivity contribution is 0.412. The largest absolute Gasteiger partial charge is 0.313 e. The summed E-state index contributed by atoms with van der Waals surface area (Å²) in [5, 5.41) is 11.2. The van der Waals surface area contributed by atoms with Crippen LogP contribution in [0.5, 0.6) is 0 Å². The van der Waals surface area contributed by atoms with Crippen LogP contribution in [0.15, 0.2) is 0 Å². The SMILES string of the molecule is CC(CCF)NCCC#N. The molecule has 1 atom stereocenters. The third kappa shape index (κ3) is 5.52. The highest BCUT2D eigenvalue weighted by molar-refractivity contribution is 4.71. The van der Waals surface area contributed by atoms with Gasteiger partial charge in [-0.05, 0) is 13.3 Å². The van der Waals surface area contributed by atoms with E-state index < -0.39 is 0 Å². The fourth-order valence-corrected chi connectivity index (χ4v) is 0.640. The first-order chi connectivity index (χ1) is 4.81. The van der Waals surface area contributed by atoms with Gasteiger partial charge < -0.3 is 5.32 Å². The van der Waals surface area contributed by atoms with E-state index in [0.717, 1.165) is 0 Å². The maximum absolute atomic E-state index is 11.6. The summed E-state index contributed by atoms with van der Waals surface area (Å²) in [5.74, 6) is 0. The van der Waals surface area contributed by atoms with E-state index in [-0.39, 0.29) is 12.7 Å². The molecule has 0 aromatic carbocycles. The number of nitrogens with one attached hydrogen (secondary N) is 1. The van der Waals surface area contributed by atoms with Crippen molar-refractivity contribution in [2.24, 2.45) is 0 Å². The van der Waals surface area contributed by atoms with Crippen LogP contribution in [-0.4, -0.2) is 19.3 Å². The first-order valence-electron chi connectivity index (χ1n) is 3.47. The van der Waals surface area contributed by atoms with E-state index >= 15 is 0 Å². The van der Waals surface area contributed by atoms with Crippen LogP contribution >= 0.6 is 0 Å². The normalized spacial score (nSPS) is 12.5. The monoisotopic (exact) mass is 144 g/mol. The number of hydrogen-bond acceptors (Lipinski definition) is 2. The summed E-state index contributed by atoms with van der Waals surface area (Å²) in [6.45, 7) is 2.29. The van der Waals surface area contributed by atoms with Gasteiger partial charge in [0.2, 0.25) is 0 Å². The molecule has 0 spiro atoms. The van der Waals surface area contributed by atoms with Gasteiger partial charge in [0, 0.05) is 19.0 Å². The molecular formula is C7H13FN2. The Labute approximate surface area is 61.0 Å². The molecule has 0 aliphatic heterocycles. The lowest BCUT2D eigenvalue weighted by atomic mass is 10.2. The minimum Gasteiger partial charge on any atom is -0.313 e. The molecule has 0 aliphatic carbocycles. The minimum atomic E-state index is -0.291. The predicted octanol–water partition coefficient (Wildman–Crippen LogP) is 1.24. The average molecular weight is 144 g/mol. The molecule has 1 N–H and O–H groups in total. The van der Waals surface area contributed by atoms with Crippen LogP contribution in [0.25, 0.3) is 0 Å². The Balaban J connectivity index is 3.06. The lowest BCUT2D eigenvalue weighted by Gasteiger charge is -2.08. The molecule has 1 unspecified atom stereocenters. The Kier molecular flexibility index (Phi) is 6.10. The van der Waals surface area contributed by atoms with E-state index in [4.69, 9.17) is 5.26 Å². The van der Waals surface area contributed by atoms with Crippen LogP contribution in [0.2, 0.25) is 0 Å². The van der Waals surface area contributed by atoms with Gasteiger partial charge in [-0.3, -0.25) is 4.39 Å². The maximum atomic E-state index is 11.6. The van der Waals surface area contributed by atoms with E-state index in [1.54, 1.807) is 0 Å². The van der Waals surface area contributed by atoms with E-state index in [1.807, 2.05) is 13.0 Å². The van der Waals surface area contributed by atoms with E-state index in [2.05, 4.69) is 5.32 Å². The van der Waals surface area contributed by atoms with Crippen molar-refractivity contribution in [3.63, 3.8) is 0 Å². The second-order valence-electron chi connectivity index (χ2n) is 2.24. The topological polar surface area (TPSA) is 35.8 Å². The van der Waals surface area contributed by atoms with Gasteiger partial charge in [0.25, 0.3) is 0 Å². The van der Waals surface area contributed by atoms with Crippen LogP contribution in [-0.2, 0) is 0 Å². The molecule has 3 heteroatoms. The van der Waals surface area contributed by atoms with E-state index in [9.17, 15) is 4.39 Å². The van der Waals surface area contributed by atoms with Crippen LogP contribution in [0.1, 0.15) is 19.8 Å². The van der Waals surface area contributed by atoms with Crippen molar-refractivity contribution in [1.82, 2.24) is 5.32 Å². The maximum Gasteiger partial charge on any atom is 0.0909 e. The first kappa shape index (κ1) is 9.38. The standard InChI is InChI=1S/C7H13FN2/c1-7(3-4-8)10-6-2-5-9/h7,10H,2-4,6H2,1H3. The molecule has 0 aromatic rings. The molecule has 0 heterocycles. The summed E-state index contributed by atoms with van der Waals surface area (Å²) in [5.41, 5.74) is 0. The highest BCUT2D eigenvalue weighted by Crippen LogP contribution is 1.89. The summed E-state index contributed by atoms with van der Waals surface area (Å²) in [7, 11) is 0. The second-order valence-corrected chi connectivity index (χ2v) is 2.24. The number of nitriles is 1. The van der Waals surface area contributed by atoms with E-state index in [1.165, 1.54) is 0 Å². The zero-order valence-corrected chi connectivity index (χ0v) is 6.23. The minimum absolute atomic E-state index is 0.193. The molecule has 0 aliphatic rings. The molecule has 58 valence electrons. The van der Waals surface area contributed by atoms with Gasteiger partial charge in [0.15, 0.2) is 0 Å². The Morgan fingerprint density at radius 1 is 1.70 bits per heavy atom. The van der Waals surface area contributed by atoms with Crippen LogP contribution in [0.3, 0.4) is 0 Å². The zero-order valence-electron chi connectivity index (χ0n) is 6.23. The smallest absolute Gasteiger partial charge is 0.0909 e. The molecule has 2 nitrogen and oxygen atoms in total.